The van der Waals surface area contributed by atoms with E-state index in [2.05, 4.69) is 0 Å². The van der Waals surface area contributed by atoms with Gasteiger partial charge in [0.05, 0.1) is 11.6 Å². The molecule has 0 amide bonds. The van der Waals surface area contributed by atoms with Gasteiger partial charge in [0, 0.05) is 30.0 Å². The van der Waals surface area contributed by atoms with Crippen LogP contribution in [0.25, 0.3) is 0 Å². The molecule has 1 aromatic carbocycles. The first-order valence-electron chi connectivity index (χ1n) is 10.8. The number of carboxylic acids is 1. The number of pyridine rings is 1. The molecule has 0 radical (unpaired) electrons. The summed E-state index contributed by atoms with van der Waals surface area (Å²) in [6, 6.07) is 7.32. The Kier molecular flexibility index (Phi) is 6.91. The van der Waals surface area contributed by atoms with Gasteiger partial charge in [-0.1, -0.05) is 26.2 Å². The summed E-state index contributed by atoms with van der Waals surface area (Å²) in [5.41, 5.74) is 5.40. The van der Waals surface area contributed by atoms with E-state index in [0.717, 1.165) is 40.9 Å². The van der Waals surface area contributed by atoms with Crippen LogP contribution in [0.1, 0.15) is 89.8 Å². The maximum Gasteiger partial charge on any atom is 0.306 e. The molecule has 0 aliphatic heterocycles. The summed E-state index contributed by atoms with van der Waals surface area (Å²) in [5, 5.41) is 19.4. The maximum absolute atomic E-state index is 12.5. The summed E-state index contributed by atoms with van der Waals surface area (Å²) in [5.74, 6) is -1.19. The summed E-state index contributed by atoms with van der Waals surface area (Å²) in [6.45, 7) is 5.50. The van der Waals surface area contributed by atoms with Crippen LogP contribution in [-0.4, -0.2) is 26.9 Å². The minimum Gasteiger partial charge on any atom is -0.506 e. The molecular formula is C25H31NO4. The number of rotatable bonds is 7. The Morgan fingerprint density at radius 2 is 1.73 bits per heavy atom. The SMILES string of the molecule is Cc1cc(C(=O)C[C@H](C)C(=O)O)cc(C)c1Cc1ccc(O)c(C2CCCCC2)n1. The van der Waals surface area contributed by atoms with Gasteiger partial charge in [0.15, 0.2) is 5.78 Å². The Hall–Kier alpha value is -2.69. The molecule has 160 valence electrons. The second-order valence-electron chi connectivity index (χ2n) is 8.67. The molecule has 0 spiro atoms. The first-order chi connectivity index (χ1) is 14.3. The molecule has 1 fully saturated rings. The van der Waals surface area contributed by atoms with Crippen LogP contribution in [-0.2, 0) is 11.2 Å². The fraction of sp³-hybridized carbons (Fsp3) is 0.480. The lowest BCUT2D eigenvalue weighted by Gasteiger charge is -2.22. The van der Waals surface area contributed by atoms with E-state index in [0.29, 0.717) is 17.9 Å². The molecule has 5 nitrogen and oxygen atoms in total. The van der Waals surface area contributed by atoms with E-state index in [1.54, 1.807) is 13.0 Å². The number of carbonyl (C=O) groups excluding carboxylic acids is 1. The molecule has 1 saturated carbocycles. The van der Waals surface area contributed by atoms with Gasteiger partial charge in [0.2, 0.25) is 0 Å². The van der Waals surface area contributed by atoms with Gasteiger partial charge in [0.25, 0.3) is 0 Å². The molecular weight excluding hydrogens is 378 g/mol. The van der Waals surface area contributed by atoms with Crippen LogP contribution in [0.4, 0.5) is 0 Å². The first-order valence-corrected chi connectivity index (χ1v) is 10.8. The number of hydrogen-bond donors (Lipinski definition) is 2. The molecule has 2 aromatic rings. The van der Waals surface area contributed by atoms with Gasteiger partial charge in [-0.25, -0.2) is 0 Å². The molecule has 1 aromatic heterocycles. The van der Waals surface area contributed by atoms with E-state index in [1.807, 2.05) is 32.0 Å². The summed E-state index contributed by atoms with van der Waals surface area (Å²) < 4.78 is 0. The second-order valence-corrected chi connectivity index (χ2v) is 8.67. The van der Waals surface area contributed by atoms with Gasteiger partial charge in [-0.05, 0) is 67.6 Å². The van der Waals surface area contributed by atoms with E-state index < -0.39 is 11.9 Å². The number of aryl methyl sites for hydroxylation is 2. The van der Waals surface area contributed by atoms with Gasteiger partial charge in [-0.3, -0.25) is 14.6 Å². The number of aliphatic carboxylic acids is 1. The molecule has 2 N–H and O–H groups in total. The Labute approximate surface area is 178 Å². The predicted molar refractivity (Wildman–Crippen MR) is 116 cm³/mol. The summed E-state index contributed by atoms with van der Waals surface area (Å²) in [6.07, 6.45) is 6.41. The van der Waals surface area contributed by atoms with Crippen LogP contribution in [0.15, 0.2) is 24.3 Å². The monoisotopic (exact) mass is 409 g/mol. The number of aromatic hydroxyl groups is 1. The van der Waals surface area contributed by atoms with Crippen LogP contribution in [0.5, 0.6) is 5.75 Å². The van der Waals surface area contributed by atoms with Crippen molar-refractivity contribution in [3.05, 3.63) is 57.9 Å². The minimum absolute atomic E-state index is 0.00216. The van der Waals surface area contributed by atoms with Crippen molar-refractivity contribution in [2.45, 2.75) is 71.6 Å². The highest BCUT2D eigenvalue weighted by Crippen LogP contribution is 2.36. The molecule has 5 heteroatoms. The molecule has 0 bridgehead atoms. The zero-order valence-electron chi connectivity index (χ0n) is 18.1. The fourth-order valence-corrected chi connectivity index (χ4v) is 4.38. The number of ketones is 1. The Bertz CT molecular complexity index is 921. The van der Waals surface area contributed by atoms with Gasteiger partial charge in [-0.15, -0.1) is 0 Å². The zero-order chi connectivity index (χ0) is 21.8. The van der Waals surface area contributed by atoms with Gasteiger partial charge in [0.1, 0.15) is 5.75 Å². The topological polar surface area (TPSA) is 87.5 Å². The van der Waals surface area contributed by atoms with E-state index in [1.165, 1.54) is 19.3 Å². The molecule has 1 aliphatic carbocycles. The van der Waals surface area contributed by atoms with Gasteiger partial charge >= 0.3 is 5.97 Å². The van der Waals surface area contributed by atoms with Crippen LogP contribution < -0.4 is 0 Å². The highest BCUT2D eigenvalue weighted by atomic mass is 16.4. The number of nitrogens with zero attached hydrogens (tertiary/aromatic N) is 1. The lowest BCUT2D eigenvalue weighted by Crippen LogP contribution is -2.15. The zero-order valence-corrected chi connectivity index (χ0v) is 18.1. The molecule has 1 atom stereocenters. The van der Waals surface area contributed by atoms with E-state index in [4.69, 9.17) is 10.1 Å². The Morgan fingerprint density at radius 1 is 1.10 bits per heavy atom. The van der Waals surface area contributed by atoms with Crippen LogP contribution >= 0.6 is 0 Å². The summed E-state index contributed by atoms with van der Waals surface area (Å²) >= 11 is 0. The van der Waals surface area contributed by atoms with E-state index in [-0.39, 0.29) is 18.0 Å². The Morgan fingerprint density at radius 3 is 2.33 bits per heavy atom. The third-order valence-electron chi connectivity index (χ3n) is 6.24. The van der Waals surface area contributed by atoms with Crippen molar-refractivity contribution in [1.82, 2.24) is 4.98 Å². The standard InChI is InChI=1S/C25H31NO4/c1-15-11-19(23(28)13-17(3)25(29)30)12-16(2)21(15)14-20-9-10-22(27)24(26-20)18-7-5-4-6-8-18/h9-12,17-18,27H,4-8,13-14H2,1-3H3,(H,29,30)/t17-/m0/s1. The lowest BCUT2D eigenvalue weighted by atomic mass is 9.86. The number of aromatic nitrogens is 1. The van der Waals surface area contributed by atoms with Gasteiger partial charge < -0.3 is 10.2 Å². The molecule has 0 unspecified atom stereocenters. The number of carbonyl (C=O) groups is 2. The van der Waals surface area contributed by atoms with Crippen molar-refractivity contribution in [2.75, 3.05) is 0 Å². The smallest absolute Gasteiger partial charge is 0.306 e. The van der Waals surface area contributed by atoms with Crippen LogP contribution in [0.3, 0.4) is 0 Å². The van der Waals surface area contributed by atoms with Crippen molar-refractivity contribution < 1.29 is 19.8 Å². The van der Waals surface area contributed by atoms with Crippen LogP contribution in [0, 0.1) is 19.8 Å². The normalized spacial score (nSPS) is 15.7. The first kappa shape index (κ1) is 22.0. The maximum atomic E-state index is 12.5. The van der Waals surface area contributed by atoms with E-state index in [9.17, 15) is 14.7 Å². The largest absolute Gasteiger partial charge is 0.506 e. The van der Waals surface area contributed by atoms with Crippen molar-refractivity contribution in [3.8, 4) is 5.75 Å². The summed E-state index contributed by atoms with van der Waals surface area (Å²) in [4.78, 5) is 28.3. The van der Waals surface area contributed by atoms with E-state index >= 15 is 0 Å². The average Bonchev–Trinajstić information content (AvgIpc) is 2.72. The number of Topliss-reactive ketones (excluding diaryl/α,β-unsaturated/α-hetero) is 1. The second kappa shape index (κ2) is 9.41. The highest BCUT2D eigenvalue weighted by Gasteiger charge is 2.21. The van der Waals surface area contributed by atoms with Crippen LogP contribution in [0.2, 0.25) is 0 Å². The van der Waals surface area contributed by atoms with Crippen molar-refractivity contribution in [3.63, 3.8) is 0 Å². The van der Waals surface area contributed by atoms with Crippen molar-refractivity contribution >= 4 is 11.8 Å². The van der Waals surface area contributed by atoms with Crippen molar-refractivity contribution in [1.29, 1.82) is 0 Å². The quantitative estimate of drug-likeness (QED) is 0.603. The average molecular weight is 410 g/mol. The Balaban J connectivity index is 1.82. The van der Waals surface area contributed by atoms with Gasteiger partial charge in [-0.2, -0.15) is 0 Å². The number of hydrogen-bond acceptors (Lipinski definition) is 4. The molecule has 1 heterocycles. The third-order valence-corrected chi connectivity index (χ3v) is 6.24. The summed E-state index contributed by atoms with van der Waals surface area (Å²) in [7, 11) is 0. The fourth-order valence-electron chi connectivity index (χ4n) is 4.38. The predicted octanol–water partition coefficient (Wildman–Crippen LogP) is 5.34. The number of benzene rings is 1. The molecule has 30 heavy (non-hydrogen) atoms. The van der Waals surface area contributed by atoms with Crippen molar-refractivity contribution in [2.24, 2.45) is 5.92 Å². The lowest BCUT2D eigenvalue weighted by molar-refractivity contribution is -0.141. The molecule has 3 rings (SSSR count). The molecule has 0 saturated heterocycles. The minimum atomic E-state index is -0.958. The molecule has 1 aliphatic rings. The number of carboxylic acid groups (broad SMARTS) is 1. The highest BCUT2D eigenvalue weighted by molar-refractivity contribution is 5.98. The third kappa shape index (κ3) is 5.07.